The monoisotopic (exact) mass is 294 g/mol. The van der Waals surface area contributed by atoms with E-state index in [1.165, 1.54) is 13.2 Å². The van der Waals surface area contributed by atoms with E-state index in [2.05, 4.69) is 16.9 Å². The summed E-state index contributed by atoms with van der Waals surface area (Å²) in [4.78, 5) is 18.9. The Bertz CT molecular complexity index is 538. The fraction of sp³-hybridized carbons (Fsp3) is 0.600. The lowest BCUT2D eigenvalue weighted by Gasteiger charge is -2.46. The smallest absolute Gasteiger partial charge is 0.224 e. The average molecular weight is 294 g/mol. The van der Waals surface area contributed by atoms with E-state index >= 15 is 0 Å². The lowest BCUT2D eigenvalue weighted by Crippen LogP contribution is -2.55. The van der Waals surface area contributed by atoms with Crippen LogP contribution in [-0.2, 0) is 4.74 Å². The van der Waals surface area contributed by atoms with Crippen molar-refractivity contribution in [3.05, 3.63) is 23.6 Å². The van der Waals surface area contributed by atoms with Crippen LogP contribution in [0.15, 0.2) is 12.3 Å². The van der Waals surface area contributed by atoms with Gasteiger partial charge in [-0.15, -0.1) is 0 Å². The maximum atomic E-state index is 13.4. The topological polar surface area (TPSA) is 51.7 Å². The van der Waals surface area contributed by atoms with Gasteiger partial charge in [-0.1, -0.05) is 0 Å². The molecule has 0 aliphatic carbocycles. The molecule has 2 saturated heterocycles. The number of ether oxygens (including phenoxy) is 2. The number of aromatic nitrogens is 1. The third-order valence-corrected chi connectivity index (χ3v) is 4.53. The van der Waals surface area contributed by atoms with Crippen LogP contribution in [0.25, 0.3) is 0 Å². The molecule has 1 aromatic heterocycles. The summed E-state index contributed by atoms with van der Waals surface area (Å²) < 4.78 is 24.1. The Kier molecular flexibility index (Phi) is 3.91. The van der Waals surface area contributed by atoms with Crippen molar-refractivity contribution in [1.82, 2.24) is 9.88 Å². The van der Waals surface area contributed by atoms with Crippen molar-refractivity contribution in [1.29, 1.82) is 0 Å². The molecule has 0 spiro atoms. The molecule has 1 aromatic rings. The molecule has 0 N–H and O–H groups in total. The number of halogens is 1. The summed E-state index contributed by atoms with van der Waals surface area (Å²) in [5.41, 5.74) is 0.242. The Hall–Kier alpha value is -1.53. The predicted octanol–water partition coefficient (Wildman–Crippen LogP) is 1.52. The number of ketones is 1. The van der Waals surface area contributed by atoms with Crippen LogP contribution in [0.3, 0.4) is 0 Å². The van der Waals surface area contributed by atoms with Gasteiger partial charge in [0.15, 0.2) is 5.78 Å². The molecule has 5 nitrogen and oxygen atoms in total. The first kappa shape index (κ1) is 14.4. The molecule has 0 radical (unpaired) electrons. The molecule has 2 aliphatic rings. The Balaban J connectivity index is 1.84. The van der Waals surface area contributed by atoms with E-state index in [1.54, 1.807) is 0 Å². The van der Waals surface area contributed by atoms with Crippen LogP contribution >= 0.6 is 0 Å². The minimum atomic E-state index is -0.518. The summed E-state index contributed by atoms with van der Waals surface area (Å²) >= 11 is 0. The minimum absolute atomic E-state index is 0.0798. The highest BCUT2D eigenvalue weighted by molar-refractivity contribution is 6.00. The van der Waals surface area contributed by atoms with Crippen LogP contribution in [0, 0.1) is 11.7 Å². The molecule has 2 unspecified atom stereocenters. The summed E-state index contributed by atoms with van der Waals surface area (Å²) in [6.45, 7) is 1.30. The lowest BCUT2D eigenvalue weighted by atomic mass is 9.81. The first-order valence-corrected chi connectivity index (χ1v) is 7.13. The molecule has 2 atom stereocenters. The van der Waals surface area contributed by atoms with Gasteiger partial charge < -0.3 is 9.47 Å². The highest BCUT2D eigenvalue weighted by atomic mass is 19.1. The van der Waals surface area contributed by atoms with Crippen molar-refractivity contribution in [3.63, 3.8) is 0 Å². The van der Waals surface area contributed by atoms with E-state index in [0.29, 0.717) is 13.2 Å². The van der Waals surface area contributed by atoms with Crippen molar-refractivity contribution in [2.24, 2.45) is 5.92 Å². The molecule has 2 fully saturated rings. The number of methoxy groups -OCH3 is 1. The highest BCUT2D eigenvalue weighted by Crippen LogP contribution is 2.33. The number of likely N-dealkylation sites (N-methyl/N-ethyl adjacent to an activating group) is 1. The molecular weight excluding hydrogens is 275 g/mol. The Morgan fingerprint density at radius 2 is 2.10 bits per heavy atom. The van der Waals surface area contributed by atoms with Crippen molar-refractivity contribution < 1.29 is 18.7 Å². The van der Waals surface area contributed by atoms with Crippen LogP contribution in [-0.4, -0.2) is 55.1 Å². The summed E-state index contributed by atoms with van der Waals surface area (Å²) in [5, 5.41) is 0. The van der Waals surface area contributed by atoms with Crippen molar-refractivity contribution in [2.45, 2.75) is 24.9 Å². The fourth-order valence-corrected chi connectivity index (χ4v) is 3.29. The third-order valence-electron chi connectivity index (χ3n) is 4.53. The molecule has 21 heavy (non-hydrogen) atoms. The van der Waals surface area contributed by atoms with Crippen molar-refractivity contribution in [2.75, 3.05) is 27.4 Å². The number of carbonyl (C=O) groups excluding carboxylic acids is 1. The van der Waals surface area contributed by atoms with Gasteiger partial charge in [-0.2, -0.15) is 0 Å². The number of rotatable bonds is 3. The van der Waals surface area contributed by atoms with Crippen LogP contribution in [0.5, 0.6) is 5.88 Å². The molecule has 2 aliphatic heterocycles. The van der Waals surface area contributed by atoms with Gasteiger partial charge in [-0.25, -0.2) is 9.37 Å². The Morgan fingerprint density at radius 1 is 1.43 bits per heavy atom. The molecule has 0 aromatic carbocycles. The van der Waals surface area contributed by atoms with E-state index in [9.17, 15) is 9.18 Å². The van der Waals surface area contributed by atoms with Gasteiger partial charge in [0.1, 0.15) is 5.82 Å². The average Bonchev–Trinajstić information content (AvgIpc) is 2.46. The number of hydrogen-bond acceptors (Lipinski definition) is 5. The van der Waals surface area contributed by atoms with Crippen LogP contribution < -0.4 is 4.74 Å². The summed E-state index contributed by atoms with van der Waals surface area (Å²) in [6.07, 6.45) is 2.52. The highest BCUT2D eigenvalue weighted by Gasteiger charge is 2.40. The van der Waals surface area contributed by atoms with E-state index in [1.807, 2.05) is 0 Å². The molecule has 3 rings (SSSR count). The molecule has 0 saturated carbocycles. The number of hydrogen-bond donors (Lipinski definition) is 0. The third kappa shape index (κ3) is 2.65. The van der Waals surface area contributed by atoms with Crippen LogP contribution in [0.2, 0.25) is 0 Å². The summed E-state index contributed by atoms with van der Waals surface area (Å²) in [6, 6.07) is 1.72. The first-order chi connectivity index (χ1) is 10.1. The van der Waals surface area contributed by atoms with Crippen molar-refractivity contribution in [3.8, 4) is 5.88 Å². The molecule has 2 bridgehead atoms. The zero-order valence-corrected chi connectivity index (χ0v) is 12.2. The maximum absolute atomic E-state index is 13.4. The Morgan fingerprint density at radius 3 is 2.71 bits per heavy atom. The molecule has 3 heterocycles. The number of carbonyl (C=O) groups is 1. The van der Waals surface area contributed by atoms with Crippen LogP contribution in [0.4, 0.5) is 4.39 Å². The van der Waals surface area contributed by atoms with Gasteiger partial charge >= 0.3 is 0 Å². The fourth-order valence-electron chi connectivity index (χ4n) is 3.29. The van der Waals surface area contributed by atoms with E-state index in [-0.39, 0.29) is 35.2 Å². The normalized spacial score (nSPS) is 29.2. The molecule has 114 valence electrons. The number of Topliss-reactive ketones (excluding diaryl/α,β-unsaturated/α-hetero) is 1. The minimum Gasteiger partial charge on any atom is -0.480 e. The predicted molar refractivity (Wildman–Crippen MR) is 74.0 cm³/mol. The number of morpholine rings is 1. The van der Waals surface area contributed by atoms with Gasteiger partial charge in [0.25, 0.3) is 0 Å². The summed E-state index contributed by atoms with van der Waals surface area (Å²) in [7, 11) is 3.51. The number of piperidine rings is 1. The van der Waals surface area contributed by atoms with Gasteiger partial charge in [0.05, 0.1) is 32.1 Å². The zero-order chi connectivity index (χ0) is 15.0. The van der Waals surface area contributed by atoms with Gasteiger partial charge in [-0.05, 0) is 26.0 Å². The second-order valence-electron chi connectivity index (χ2n) is 5.75. The zero-order valence-electron chi connectivity index (χ0n) is 12.2. The molecule has 0 amide bonds. The molecular formula is C15H19FN2O3. The molecule has 6 heteroatoms. The largest absolute Gasteiger partial charge is 0.480 e. The summed E-state index contributed by atoms with van der Waals surface area (Å²) in [5.74, 6) is -0.529. The maximum Gasteiger partial charge on any atom is 0.224 e. The van der Waals surface area contributed by atoms with Gasteiger partial charge in [0.2, 0.25) is 5.88 Å². The van der Waals surface area contributed by atoms with Crippen molar-refractivity contribution >= 4 is 5.78 Å². The SMILES string of the molecule is COc1ncc(F)cc1C(=O)C1CC2COCC(C1)N2C. The second-order valence-corrected chi connectivity index (χ2v) is 5.75. The van der Waals surface area contributed by atoms with E-state index < -0.39 is 5.82 Å². The number of fused-ring (bicyclic) bond motifs is 2. The van der Waals surface area contributed by atoms with Crippen LogP contribution in [0.1, 0.15) is 23.2 Å². The lowest BCUT2D eigenvalue weighted by molar-refractivity contribution is -0.0702. The van der Waals surface area contributed by atoms with E-state index in [0.717, 1.165) is 19.0 Å². The second kappa shape index (κ2) is 5.69. The Labute approximate surface area is 123 Å². The number of nitrogens with zero attached hydrogens (tertiary/aromatic N) is 2. The van der Waals surface area contributed by atoms with Gasteiger partial charge in [0, 0.05) is 18.0 Å². The standard InChI is InChI=1S/C15H19FN2O3/c1-18-11-3-9(4-12(18)8-21-7-11)14(19)13-5-10(16)6-17-15(13)20-2/h5-6,9,11-12H,3-4,7-8H2,1-2H3. The first-order valence-electron chi connectivity index (χ1n) is 7.13. The van der Waals surface area contributed by atoms with Gasteiger partial charge in [-0.3, -0.25) is 9.69 Å². The number of pyridine rings is 1. The quantitative estimate of drug-likeness (QED) is 0.791. The van der Waals surface area contributed by atoms with E-state index in [4.69, 9.17) is 9.47 Å².